The van der Waals surface area contributed by atoms with Crippen LogP contribution < -0.4 is 14.8 Å². The molecule has 0 saturated heterocycles. The molecule has 3 aromatic carbocycles. The van der Waals surface area contributed by atoms with Gasteiger partial charge in [0.1, 0.15) is 13.2 Å². The molecule has 3 aromatic rings. The van der Waals surface area contributed by atoms with Crippen molar-refractivity contribution in [3.05, 3.63) is 89.0 Å². The van der Waals surface area contributed by atoms with Crippen molar-refractivity contribution >= 4 is 17.5 Å². The summed E-state index contributed by atoms with van der Waals surface area (Å²) >= 11 is 0. The highest BCUT2D eigenvalue weighted by Gasteiger charge is 2.34. The molecular formula is C26H24N2O4. The number of fused-ring (bicyclic) bond motifs is 2. The number of nitrogens with one attached hydrogen (secondary N) is 1. The zero-order valence-electron chi connectivity index (χ0n) is 17.8. The van der Waals surface area contributed by atoms with Gasteiger partial charge in [-0.25, -0.2) is 0 Å². The van der Waals surface area contributed by atoms with E-state index in [0.717, 1.165) is 16.7 Å². The quantitative estimate of drug-likeness (QED) is 0.650. The number of amides is 2. The van der Waals surface area contributed by atoms with Crippen LogP contribution in [0.15, 0.2) is 66.7 Å². The monoisotopic (exact) mass is 428 g/mol. The molecule has 0 fully saturated rings. The third kappa shape index (κ3) is 3.91. The van der Waals surface area contributed by atoms with E-state index >= 15 is 0 Å². The number of benzene rings is 3. The number of anilines is 1. The SMILES string of the molecule is Cc1ccc([C@@H](CC(=O)Nc2ccc3c(c2)OCCO3)N2Cc3ccccc3C2=O)cc1. The summed E-state index contributed by atoms with van der Waals surface area (Å²) in [7, 11) is 0. The molecule has 2 aliphatic heterocycles. The van der Waals surface area contributed by atoms with Crippen LogP contribution in [0.5, 0.6) is 11.5 Å². The van der Waals surface area contributed by atoms with E-state index in [-0.39, 0.29) is 24.3 Å². The molecule has 0 aliphatic carbocycles. The number of carbonyl (C=O) groups is 2. The molecule has 2 amide bonds. The Bertz CT molecular complexity index is 1170. The Hall–Kier alpha value is -3.80. The summed E-state index contributed by atoms with van der Waals surface area (Å²) in [5, 5.41) is 2.95. The van der Waals surface area contributed by atoms with Crippen molar-refractivity contribution in [2.75, 3.05) is 18.5 Å². The van der Waals surface area contributed by atoms with E-state index in [1.54, 1.807) is 23.1 Å². The highest BCUT2D eigenvalue weighted by atomic mass is 16.6. The zero-order chi connectivity index (χ0) is 22.1. The zero-order valence-corrected chi connectivity index (χ0v) is 17.8. The van der Waals surface area contributed by atoms with Crippen LogP contribution in [0, 0.1) is 6.92 Å². The van der Waals surface area contributed by atoms with Gasteiger partial charge in [-0.2, -0.15) is 0 Å². The summed E-state index contributed by atoms with van der Waals surface area (Å²) in [4.78, 5) is 28.0. The minimum absolute atomic E-state index is 0.0432. The molecule has 5 rings (SSSR count). The summed E-state index contributed by atoms with van der Waals surface area (Å²) < 4.78 is 11.2. The molecule has 6 heteroatoms. The lowest BCUT2D eigenvalue weighted by molar-refractivity contribution is -0.117. The smallest absolute Gasteiger partial charge is 0.255 e. The van der Waals surface area contributed by atoms with Gasteiger partial charge in [0, 0.05) is 23.9 Å². The Balaban J connectivity index is 1.38. The number of rotatable bonds is 5. The predicted molar refractivity (Wildman–Crippen MR) is 121 cm³/mol. The Morgan fingerprint density at radius 2 is 1.75 bits per heavy atom. The first-order chi connectivity index (χ1) is 15.6. The van der Waals surface area contributed by atoms with E-state index in [1.165, 1.54) is 0 Å². The second-order valence-electron chi connectivity index (χ2n) is 8.13. The van der Waals surface area contributed by atoms with Crippen molar-refractivity contribution in [1.29, 1.82) is 0 Å². The molecule has 0 aromatic heterocycles. The molecule has 32 heavy (non-hydrogen) atoms. The van der Waals surface area contributed by atoms with Gasteiger partial charge in [-0.3, -0.25) is 9.59 Å². The molecule has 6 nitrogen and oxygen atoms in total. The van der Waals surface area contributed by atoms with E-state index in [1.807, 2.05) is 55.5 Å². The first-order valence-electron chi connectivity index (χ1n) is 10.7. The van der Waals surface area contributed by atoms with Crippen LogP contribution in [0.4, 0.5) is 5.69 Å². The third-order valence-electron chi connectivity index (χ3n) is 5.89. The minimum atomic E-state index is -0.368. The number of carbonyl (C=O) groups excluding carboxylic acids is 2. The topological polar surface area (TPSA) is 67.9 Å². The minimum Gasteiger partial charge on any atom is -0.486 e. The number of ether oxygens (including phenoxy) is 2. The maximum absolute atomic E-state index is 13.1. The first-order valence-corrected chi connectivity index (χ1v) is 10.7. The molecule has 2 aliphatic rings. The normalized spacial score (nSPS) is 15.3. The summed E-state index contributed by atoms with van der Waals surface area (Å²) in [6.45, 7) is 3.51. The van der Waals surface area contributed by atoms with Crippen molar-refractivity contribution < 1.29 is 19.1 Å². The standard InChI is InChI=1S/C26H24N2O4/c1-17-6-8-18(9-7-17)22(28-16-19-4-2-3-5-21(19)26(28)30)15-25(29)27-20-10-11-23-24(14-20)32-13-12-31-23/h2-11,14,22H,12-13,15-16H2,1H3,(H,27,29)/t22-/m1/s1. The number of nitrogens with zero attached hydrogens (tertiary/aromatic N) is 1. The Morgan fingerprint density at radius 3 is 2.53 bits per heavy atom. The summed E-state index contributed by atoms with van der Waals surface area (Å²) in [5.74, 6) is 1.08. The lowest BCUT2D eigenvalue weighted by Gasteiger charge is -2.28. The summed E-state index contributed by atoms with van der Waals surface area (Å²) in [6.07, 6.45) is 0.150. The maximum Gasteiger partial charge on any atom is 0.255 e. The molecule has 0 bridgehead atoms. The van der Waals surface area contributed by atoms with Crippen molar-refractivity contribution in [2.45, 2.75) is 25.9 Å². The van der Waals surface area contributed by atoms with Crippen molar-refractivity contribution in [3.8, 4) is 11.5 Å². The fourth-order valence-corrected chi connectivity index (χ4v) is 4.23. The van der Waals surface area contributed by atoms with E-state index in [2.05, 4.69) is 5.32 Å². The summed E-state index contributed by atoms with van der Waals surface area (Å²) in [6, 6.07) is 20.6. The highest BCUT2D eigenvalue weighted by molar-refractivity contribution is 5.99. The second kappa shape index (κ2) is 8.38. The highest BCUT2D eigenvalue weighted by Crippen LogP contribution is 2.35. The lowest BCUT2D eigenvalue weighted by atomic mass is 10.00. The average molecular weight is 428 g/mol. The van der Waals surface area contributed by atoms with E-state index in [4.69, 9.17) is 9.47 Å². The Morgan fingerprint density at radius 1 is 1.00 bits per heavy atom. The maximum atomic E-state index is 13.1. The molecule has 0 saturated carbocycles. The fraction of sp³-hybridized carbons (Fsp3) is 0.231. The molecule has 1 N–H and O–H groups in total. The van der Waals surface area contributed by atoms with Crippen LogP contribution >= 0.6 is 0 Å². The molecule has 0 unspecified atom stereocenters. The van der Waals surface area contributed by atoms with Gasteiger partial charge >= 0.3 is 0 Å². The van der Waals surface area contributed by atoms with E-state index < -0.39 is 0 Å². The van der Waals surface area contributed by atoms with Gasteiger partial charge in [0.25, 0.3) is 5.91 Å². The van der Waals surface area contributed by atoms with Crippen LogP contribution in [0.1, 0.15) is 39.5 Å². The van der Waals surface area contributed by atoms with Crippen LogP contribution in [0.25, 0.3) is 0 Å². The number of hydrogen-bond donors (Lipinski definition) is 1. The molecule has 2 heterocycles. The number of hydrogen-bond acceptors (Lipinski definition) is 4. The summed E-state index contributed by atoms with van der Waals surface area (Å²) in [5.41, 5.74) is 4.40. The molecular weight excluding hydrogens is 404 g/mol. The van der Waals surface area contributed by atoms with Crippen molar-refractivity contribution in [3.63, 3.8) is 0 Å². The van der Waals surface area contributed by atoms with Gasteiger partial charge in [-0.1, -0.05) is 48.0 Å². The van der Waals surface area contributed by atoms with Gasteiger partial charge in [0.05, 0.1) is 12.5 Å². The van der Waals surface area contributed by atoms with Gasteiger partial charge < -0.3 is 19.7 Å². The third-order valence-corrected chi connectivity index (χ3v) is 5.89. The first kappa shape index (κ1) is 20.1. The van der Waals surface area contributed by atoms with Crippen molar-refractivity contribution in [1.82, 2.24) is 4.90 Å². The fourth-order valence-electron chi connectivity index (χ4n) is 4.23. The van der Waals surface area contributed by atoms with Crippen LogP contribution in [0.2, 0.25) is 0 Å². The van der Waals surface area contributed by atoms with Crippen LogP contribution in [0.3, 0.4) is 0 Å². The van der Waals surface area contributed by atoms with Crippen molar-refractivity contribution in [2.24, 2.45) is 0 Å². The molecule has 162 valence electrons. The van der Waals surface area contributed by atoms with Crippen LogP contribution in [-0.4, -0.2) is 29.9 Å². The van der Waals surface area contributed by atoms with E-state index in [9.17, 15) is 9.59 Å². The average Bonchev–Trinajstić information content (AvgIpc) is 3.14. The van der Waals surface area contributed by atoms with Gasteiger partial charge in [-0.05, 0) is 36.2 Å². The lowest BCUT2D eigenvalue weighted by Crippen LogP contribution is -2.32. The van der Waals surface area contributed by atoms with Gasteiger partial charge in [-0.15, -0.1) is 0 Å². The molecule has 0 radical (unpaired) electrons. The Labute approximate surface area is 186 Å². The van der Waals surface area contributed by atoms with Gasteiger partial charge in [0.15, 0.2) is 11.5 Å². The van der Waals surface area contributed by atoms with Crippen LogP contribution in [-0.2, 0) is 11.3 Å². The molecule has 1 atom stereocenters. The van der Waals surface area contributed by atoms with E-state index in [0.29, 0.717) is 42.5 Å². The Kier molecular flexibility index (Phi) is 5.27. The largest absolute Gasteiger partial charge is 0.486 e. The second-order valence-corrected chi connectivity index (χ2v) is 8.13. The molecule has 0 spiro atoms. The number of aryl methyl sites for hydroxylation is 1. The predicted octanol–water partition coefficient (Wildman–Crippen LogP) is 4.49. The van der Waals surface area contributed by atoms with Gasteiger partial charge in [0.2, 0.25) is 5.91 Å².